The first-order chi connectivity index (χ1) is 11.9. The number of rotatable bonds is 1. The topological polar surface area (TPSA) is 50.9 Å². The van der Waals surface area contributed by atoms with Gasteiger partial charge in [-0.2, -0.15) is 5.10 Å². The molecule has 0 bridgehead atoms. The van der Waals surface area contributed by atoms with Crippen molar-refractivity contribution < 1.29 is 5.11 Å². The molecule has 26 heavy (non-hydrogen) atoms. The zero-order valence-electron chi connectivity index (χ0n) is 17.1. The van der Waals surface area contributed by atoms with Crippen molar-refractivity contribution in [3.05, 3.63) is 41.1 Å². The lowest BCUT2D eigenvalue weighted by Gasteiger charge is -2.28. The summed E-state index contributed by atoms with van der Waals surface area (Å²) >= 11 is 0. The zero-order valence-corrected chi connectivity index (χ0v) is 17.1. The molecule has 0 fully saturated rings. The number of aromatic nitrogens is 3. The summed E-state index contributed by atoms with van der Waals surface area (Å²) in [6.07, 6.45) is 0. The van der Waals surface area contributed by atoms with E-state index < -0.39 is 0 Å². The summed E-state index contributed by atoms with van der Waals surface area (Å²) in [5.41, 5.74) is 5.34. The van der Waals surface area contributed by atoms with Crippen molar-refractivity contribution in [2.45, 2.75) is 59.3 Å². The molecule has 138 valence electrons. The molecule has 1 N–H and O–H groups in total. The maximum atomic E-state index is 10.9. The van der Waals surface area contributed by atoms with E-state index >= 15 is 0 Å². The lowest BCUT2D eigenvalue weighted by molar-refractivity contribution is 0.423. The molecule has 0 radical (unpaired) electrons. The Hall–Kier alpha value is -2.36. The van der Waals surface area contributed by atoms with E-state index in [1.165, 1.54) is 0 Å². The quantitative estimate of drug-likeness (QED) is 0.652. The number of hydrogen-bond acceptors (Lipinski definition) is 3. The first-order valence-electron chi connectivity index (χ1n) is 9.08. The highest BCUT2D eigenvalue weighted by Gasteiger charge is 2.27. The van der Waals surface area contributed by atoms with E-state index in [0.717, 1.165) is 39.1 Å². The van der Waals surface area contributed by atoms with Gasteiger partial charge in [0, 0.05) is 34.8 Å². The van der Waals surface area contributed by atoms with Crippen molar-refractivity contribution in [3.63, 3.8) is 0 Å². The molecular formula is C22H29N3O. The minimum atomic E-state index is -0.167. The van der Waals surface area contributed by atoms with Crippen LogP contribution in [-0.4, -0.2) is 19.9 Å². The van der Waals surface area contributed by atoms with Crippen molar-refractivity contribution in [2.75, 3.05) is 0 Å². The van der Waals surface area contributed by atoms with Crippen LogP contribution in [-0.2, 0) is 17.9 Å². The van der Waals surface area contributed by atoms with Gasteiger partial charge >= 0.3 is 0 Å². The van der Waals surface area contributed by atoms with Crippen molar-refractivity contribution in [1.29, 1.82) is 0 Å². The SMILES string of the molecule is Cc1ccc2c(-c3cc(C(C)(C)C)c(O)c(C(C)(C)C)c3)nn(C)c2n1. The number of fused-ring (bicyclic) bond motifs is 1. The van der Waals surface area contributed by atoms with E-state index in [4.69, 9.17) is 5.10 Å². The van der Waals surface area contributed by atoms with Gasteiger partial charge in [0.25, 0.3) is 0 Å². The molecule has 4 heteroatoms. The summed E-state index contributed by atoms with van der Waals surface area (Å²) in [5, 5.41) is 16.7. The molecule has 0 unspecified atom stereocenters. The highest BCUT2D eigenvalue weighted by molar-refractivity contribution is 5.91. The fraction of sp³-hybridized carbons (Fsp3) is 0.455. The second kappa shape index (κ2) is 5.83. The second-order valence-electron chi connectivity index (χ2n) is 9.22. The number of phenols is 1. The molecule has 2 heterocycles. The second-order valence-corrected chi connectivity index (χ2v) is 9.22. The van der Waals surface area contributed by atoms with Gasteiger partial charge in [0.15, 0.2) is 5.65 Å². The summed E-state index contributed by atoms with van der Waals surface area (Å²) in [6, 6.07) is 8.25. The minimum Gasteiger partial charge on any atom is -0.507 e. The number of phenolic OH excluding ortho intramolecular Hbond substituents is 1. The first kappa shape index (κ1) is 18.4. The lowest BCUT2D eigenvalue weighted by atomic mass is 9.78. The van der Waals surface area contributed by atoms with E-state index in [2.05, 4.69) is 64.7 Å². The molecular weight excluding hydrogens is 322 g/mol. The molecule has 0 atom stereocenters. The van der Waals surface area contributed by atoms with Gasteiger partial charge in [-0.1, -0.05) is 41.5 Å². The number of aryl methyl sites for hydroxylation is 2. The number of pyridine rings is 1. The number of aromatic hydroxyl groups is 1. The summed E-state index contributed by atoms with van der Waals surface area (Å²) in [6.45, 7) is 14.7. The Morgan fingerprint density at radius 3 is 1.96 bits per heavy atom. The first-order valence-corrected chi connectivity index (χ1v) is 9.08. The third-order valence-electron chi connectivity index (χ3n) is 4.83. The average molecular weight is 351 g/mol. The Balaban J connectivity index is 2.36. The van der Waals surface area contributed by atoms with Gasteiger partial charge in [-0.05, 0) is 42.0 Å². The predicted molar refractivity (Wildman–Crippen MR) is 108 cm³/mol. The molecule has 0 aliphatic rings. The van der Waals surface area contributed by atoms with Crippen LogP contribution in [0.2, 0.25) is 0 Å². The smallest absolute Gasteiger partial charge is 0.158 e. The highest BCUT2D eigenvalue weighted by Crippen LogP contribution is 2.42. The molecule has 3 rings (SSSR count). The monoisotopic (exact) mass is 351 g/mol. The Kier molecular flexibility index (Phi) is 4.13. The van der Waals surface area contributed by atoms with Crippen LogP contribution in [0.5, 0.6) is 5.75 Å². The summed E-state index contributed by atoms with van der Waals surface area (Å²) in [5.74, 6) is 0.392. The Morgan fingerprint density at radius 2 is 1.46 bits per heavy atom. The normalized spacial score (nSPS) is 12.8. The third-order valence-corrected chi connectivity index (χ3v) is 4.83. The third kappa shape index (κ3) is 3.09. The van der Waals surface area contributed by atoms with E-state index in [0.29, 0.717) is 5.75 Å². The van der Waals surface area contributed by atoms with E-state index in [1.807, 2.05) is 24.7 Å². The van der Waals surface area contributed by atoms with E-state index in [9.17, 15) is 5.11 Å². The van der Waals surface area contributed by atoms with Crippen LogP contribution in [0.25, 0.3) is 22.3 Å². The van der Waals surface area contributed by atoms with Crippen molar-refractivity contribution >= 4 is 11.0 Å². The van der Waals surface area contributed by atoms with Crippen LogP contribution in [0.3, 0.4) is 0 Å². The number of nitrogens with zero attached hydrogens (tertiary/aromatic N) is 3. The molecule has 3 aromatic rings. The molecule has 4 nitrogen and oxygen atoms in total. The van der Waals surface area contributed by atoms with Crippen LogP contribution >= 0.6 is 0 Å². The van der Waals surface area contributed by atoms with Crippen LogP contribution in [0.15, 0.2) is 24.3 Å². The van der Waals surface area contributed by atoms with E-state index in [1.54, 1.807) is 0 Å². The molecule has 0 spiro atoms. The minimum absolute atomic E-state index is 0.167. The van der Waals surface area contributed by atoms with Crippen molar-refractivity contribution in [3.8, 4) is 17.0 Å². The maximum absolute atomic E-state index is 10.9. The van der Waals surface area contributed by atoms with Gasteiger partial charge < -0.3 is 5.11 Å². The highest BCUT2D eigenvalue weighted by atomic mass is 16.3. The Bertz CT molecular complexity index is 950. The summed E-state index contributed by atoms with van der Waals surface area (Å²) < 4.78 is 1.83. The average Bonchev–Trinajstić information content (AvgIpc) is 2.82. The Labute approximate surface area is 155 Å². The van der Waals surface area contributed by atoms with Crippen LogP contribution in [0, 0.1) is 6.92 Å². The molecule has 2 aromatic heterocycles. The number of hydrogen-bond donors (Lipinski definition) is 1. The molecule has 0 saturated carbocycles. The van der Waals surface area contributed by atoms with Gasteiger partial charge in [-0.15, -0.1) is 0 Å². The van der Waals surface area contributed by atoms with Gasteiger partial charge in [0.05, 0.1) is 0 Å². The standard InChI is InChI=1S/C22H29N3O/c1-13-9-10-15-18(24-25(8)20(15)23-13)14-11-16(21(2,3)4)19(26)17(12-14)22(5,6)7/h9-12,26H,1-8H3. The molecule has 0 saturated heterocycles. The maximum Gasteiger partial charge on any atom is 0.158 e. The molecule has 0 aliphatic carbocycles. The Morgan fingerprint density at radius 1 is 0.923 bits per heavy atom. The van der Waals surface area contributed by atoms with Crippen LogP contribution in [0.1, 0.15) is 58.4 Å². The van der Waals surface area contributed by atoms with E-state index in [-0.39, 0.29) is 10.8 Å². The van der Waals surface area contributed by atoms with Gasteiger partial charge in [-0.25, -0.2) is 9.67 Å². The van der Waals surface area contributed by atoms with Gasteiger partial charge in [0.2, 0.25) is 0 Å². The zero-order chi connectivity index (χ0) is 19.4. The fourth-order valence-electron chi connectivity index (χ4n) is 3.35. The van der Waals surface area contributed by atoms with Crippen molar-refractivity contribution in [1.82, 2.24) is 14.8 Å². The lowest BCUT2D eigenvalue weighted by Crippen LogP contribution is -2.17. The van der Waals surface area contributed by atoms with Crippen LogP contribution < -0.4 is 0 Å². The van der Waals surface area contributed by atoms with Crippen LogP contribution in [0.4, 0.5) is 0 Å². The summed E-state index contributed by atoms with van der Waals surface area (Å²) in [4.78, 5) is 4.63. The molecule has 0 aliphatic heterocycles. The summed E-state index contributed by atoms with van der Waals surface area (Å²) in [7, 11) is 1.92. The van der Waals surface area contributed by atoms with Crippen molar-refractivity contribution in [2.24, 2.45) is 7.05 Å². The predicted octanol–water partition coefficient (Wildman–Crippen LogP) is 5.24. The largest absolute Gasteiger partial charge is 0.507 e. The molecule has 0 amide bonds. The number of benzene rings is 1. The fourth-order valence-corrected chi connectivity index (χ4v) is 3.35. The molecule has 1 aromatic carbocycles. The van der Waals surface area contributed by atoms with Gasteiger partial charge in [-0.3, -0.25) is 0 Å². The van der Waals surface area contributed by atoms with Gasteiger partial charge in [0.1, 0.15) is 11.4 Å².